The fourth-order valence-electron chi connectivity index (χ4n) is 3.44. The number of likely N-dealkylation sites (tertiary alicyclic amines) is 1. The summed E-state index contributed by atoms with van der Waals surface area (Å²) < 4.78 is 1.75. The van der Waals surface area contributed by atoms with Gasteiger partial charge in [0.2, 0.25) is 0 Å². The molecule has 1 saturated heterocycles. The highest BCUT2D eigenvalue weighted by Gasteiger charge is 2.52. The van der Waals surface area contributed by atoms with Crippen LogP contribution in [0.5, 0.6) is 0 Å². The van der Waals surface area contributed by atoms with E-state index in [-0.39, 0.29) is 11.9 Å². The van der Waals surface area contributed by atoms with Gasteiger partial charge in [-0.1, -0.05) is 6.07 Å². The van der Waals surface area contributed by atoms with Crippen molar-refractivity contribution in [3.63, 3.8) is 0 Å². The van der Waals surface area contributed by atoms with Crippen LogP contribution in [0.3, 0.4) is 0 Å². The normalized spacial score (nSPS) is 23.7. The smallest absolute Gasteiger partial charge is 0.258 e. The highest BCUT2D eigenvalue weighted by Crippen LogP contribution is 2.45. The van der Waals surface area contributed by atoms with Crippen molar-refractivity contribution >= 4 is 11.4 Å². The first kappa shape index (κ1) is 12.8. The third-order valence-corrected chi connectivity index (χ3v) is 4.79. The lowest BCUT2D eigenvalue weighted by Gasteiger charge is -2.28. The molecule has 2 aromatic heterocycles. The van der Waals surface area contributed by atoms with Crippen LogP contribution < -0.4 is 0 Å². The van der Waals surface area contributed by atoms with Gasteiger partial charge in [-0.2, -0.15) is 5.10 Å². The molecule has 21 heavy (non-hydrogen) atoms. The number of aryl methyl sites for hydroxylation is 1. The van der Waals surface area contributed by atoms with E-state index in [2.05, 4.69) is 5.10 Å². The Bertz CT molecular complexity index is 717. The maximum Gasteiger partial charge on any atom is 0.258 e. The lowest BCUT2D eigenvalue weighted by atomic mass is 10.1. The second-order valence-electron chi connectivity index (χ2n) is 6.35. The van der Waals surface area contributed by atoms with Crippen LogP contribution in [0.25, 0.3) is 5.52 Å². The highest BCUT2D eigenvalue weighted by atomic mass is 16.3. The molecule has 1 N–H and O–H groups in total. The van der Waals surface area contributed by atoms with E-state index in [4.69, 9.17) is 0 Å². The lowest BCUT2D eigenvalue weighted by molar-refractivity contribution is 0.0388. The SMILES string of the molecule is Cc1ccc2c(C(=O)N3CCCC3C3(O)CC3)cnn2c1. The summed E-state index contributed by atoms with van der Waals surface area (Å²) in [6.45, 7) is 2.73. The van der Waals surface area contributed by atoms with Crippen molar-refractivity contribution < 1.29 is 9.90 Å². The monoisotopic (exact) mass is 285 g/mol. The van der Waals surface area contributed by atoms with Crippen LogP contribution in [0.1, 0.15) is 41.6 Å². The van der Waals surface area contributed by atoms with Crippen LogP contribution in [0.15, 0.2) is 24.5 Å². The first-order valence-electron chi connectivity index (χ1n) is 7.56. The molecule has 2 fully saturated rings. The van der Waals surface area contributed by atoms with Crippen molar-refractivity contribution in [1.29, 1.82) is 0 Å². The quantitative estimate of drug-likeness (QED) is 0.915. The number of amides is 1. The molecule has 0 radical (unpaired) electrons. The molecular weight excluding hydrogens is 266 g/mol. The summed E-state index contributed by atoms with van der Waals surface area (Å²) in [5.74, 6) is -0.00308. The Hall–Kier alpha value is -1.88. The Morgan fingerprint density at radius 1 is 1.43 bits per heavy atom. The molecule has 2 aromatic rings. The van der Waals surface area contributed by atoms with E-state index in [1.54, 1.807) is 10.7 Å². The summed E-state index contributed by atoms with van der Waals surface area (Å²) >= 11 is 0. The van der Waals surface area contributed by atoms with Gasteiger partial charge in [0, 0.05) is 12.7 Å². The van der Waals surface area contributed by atoms with Gasteiger partial charge in [0.15, 0.2) is 0 Å². The van der Waals surface area contributed by atoms with E-state index in [9.17, 15) is 9.90 Å². The van der Waals surface area contributed by atoms with Gasteiger partial charge >= 0.3 is 0 Å². The van der Waals surface area contributed by atoms with E-state index in [0.29, 0.717) is 5.56 Å². The third-order valence-electron chi connectivity index (χ3n) is 4.79. The minimum Gasteiger partial charge on any atom is -0.388 e. The van der Waals surface area contributed by atoms with Crippen LogP contribution in [0, 0.1) is 6.92 Å². The third kappa shape index (κ3) is 1.95. The maximum atomic E-state index is 12.9. The summed E-state index contributed by atoms with van der Waals surface area (Å²) in [6.07, 6.45) is 7.06. The Morgan fingerprint density at radius 2 is 2.24 bits per heavy atom. The molecule has 1 atom stereocenters. The molecule has 1 unspecified atom stereocenters. The number of hydrogen-bond donors (Lipinski definition) is 1. The molecule has 0 aromatic carbocycles. The topological polar surface area (TPSA) is 57.8 Å². The van der Waals surface area contributed by atoms with Crippen LogP contribution in [-0.2, 0) is 0 Å². The summed E-state index contributed by atoms with van der Waals surface area (Å²) in [6, 6.07) is 3.90. The molecule has 1 aliphatic carbocycles. The number of hydrogen-bond acceptors (Lipinski definition) is 3. The number of aliphatic hydroxyl groups is 1. The Labute approximate surface area is 123 Å². The van der Waals surface area contributed by atoms with Crippen molar-refractivity contribution in [2.24, 2.45) is 0 Å². The van der Waals surface area contributed by atoms with Gasteiger partial charge in [-0.05, 0) is 44.2 Å². The van der Waals surface area contributed by atoms with Crippen LogP contribution in [-0.4, -0.2) is 43.7 Å². The number of fused-ring (bicyclic) bond motifs is 1. The first-order valence-corrected chi connectivity index (χ1v) is 7.56. The van der Waals surface area contributed by atoms with Crippen LogP contribution in [0.4, 0.5) is 0 Å². The number of aromatic nitrogens is 2. The maximum absolute atomic E-state index is 12.9. The summed E-state index contributed by atoms with van der Waals surface area (Å²) in [5, 5.41) is 14.7. The molecule has 1 saturated carbocycles. The predicted molar refractivity (Wildman–Crippen MR) is 78.2 cm³/mol. The molecule has 1 amide bonds. The van der Waals surface area contributed by atoms with Crippen molar-refractivity contribution in [1.82, 2.24) is 14.5 Å². The predicted octanol–water partition coefficient (Wildman–Crippen LogP) is 1.77. The van der Waals surface area contributed by atoms with Gasteiger partial charge in [-0.15, -0.1) is 0 Å². The molecule has 110 valence electrons. The summed E-state index contributed by atoms with van der Waals surface area (Å²) in [4.78, 5) is 14.7. The summed E-state index contributed by atoms with van der Waals surface area (Å²) in [7, 11) is 0. The van der Waals surface area contributed by atoms with E-state index in [1.807, 2.05) is 30.2 Å². The largest absolute Gasteiger partial charge is 0.388 e. The molecule has 3 heterocycles. The van der Waals surface area contributed by atoms with Crippen molar-refractivity contribution in [3.8, 4) is 0 Å². The lowest BCUT2D eigenvalue weighted by Crippen LogP contribution is -2.44. The van der Waals surface area contributed by atoms with Gasteiger partial charge in [0.1, 0.15) is 0 Å². The van der Waals surface area contributed by atoms with E-state index in [1.165, 1.54) is 0 Å². The van der Waals surface area contributed by atoms with E-state index < -0.39 is 5.60 Å². The molecule has 5 nitrogen and oxygen atoms in total. The molecule has 4 rings (SSSR count). The van der Waals surface area contributed by atoms with Gasteiger partial charge in [0.05, 0.1) is 28.9 Å². The summed E-state index contributed by atoms with van der Waals surface area (Å²) in [5.41, 5.74) is 1.94. The average molecular weight is 285 g/mol. The van der Waals surface area contributed by atoms with Crippen LogP contribution >= 0.6 is 0 Å². The average Bonchev–Trinajstić information content (AvgIpc) is 2.94. The fourth-order valence-corrected chi connectivity index (χ4v) is 3.44. The minimum atomic E-state index is -0.633. The van der Waals surface area contributed by atoms with E-state index in [0.717, 1.165) is 43.3 Å². The van der Waals surface area contributed by atoms with Gasteiger partial charge in [-0.3, -0.25) is 4.79 Å². The van der Waals surface area contributed by atoms with Crippen molar-refractivity contribution in [2.45, 2.75) is 44.2 Å². The second-order valence-corrected chi connectivity index (χ2v) is 6.35. The second kappa shape index (κ2) is 4.31. The highest BCUT2D eigenvalue weighted by molar-refractivity contribution is 6.01. The number of carbonyl (C=O) groups excluding carboxylic acids is 1. The van der Waals surface area contributed by atoms with Crippen LogP contribution in [0.2, 0.25) is 0 Å². The number of rotatable bonds is 2. The van der Waals surface area contributed by atoms with Gasteiger partial charge in [0.25, 0.3) is 5.91 Å². The molecule has 2 aliphatic rings. The number of pyridine rings is 1. The Balaban J connectivity index is 1.70. The Kier molecular flexibility index (Phi) is 2.63. The van der Waals surface area contributed by atoms with E-state index >= 15 is 0 Å². The molecule has 0 spiro atoms. The van der Waals surface area contributed by atoms with Crippen molar-refractivity contribution in [2.75, 3.05) is 6.54 Å². The fraction of sp³-hybridized carbons (Fsp3) is 0.500. The number of carbonyl (C=O) groups is 1. The molecule has 1 aliphatic heterocycles. The molecular formula is C16H19N3O2. The van der Waals surface area contributed by atoms with Crippen molar-refractivity contribution in [3.05, 3.63) is 35.7 Å². The molecule has 0 bridgehead atoms. The minimum absolute atomic E-state index is 0.00308. The zero-order valence-electron chi connectivity index (χ0n) is 12.1. The zero-order chi connectivity index (χ0) is 14.6. The number of nitrogens with zero attached hydrogens (tertiary/aromatic N) is 3. The standard InChI is InChI=1S/C16H19N3O2/c1-11-4-5-13-12(9-17-19(13)10-11)15(20)18-8-2-3-14(18)16(21)6-7-16/h4-5,9-10,14,21H,2-3,6-8H2,1H3. The van der Waals surface area contributed by atoms with Gasteiger partial charge in [-0.25, -0.2) is 4.52 Å². The molecule has 5 heteroatoms. The van der Waals surface area contributed by atoms with Gasteiger partial charge < -0.3 is 10.0 Å². The Morgan fingerprint density at radius 3 is 3.00 bits per heavy atom. The zero-order valence-corrected chi connectivity index (χ0v) is 12.1. The first-order chi connectivity index (χ1) is 10.1.